The quantitative estimate of drug-likeness (QED) is 0.278. The number of hydrogen-bond donors (Lipinski definition) is 0. The van der Waals surface area contributed by atoms with Gasteiger partial charge in [-0.05, 0) is 57.1 Å². The summed E-state index contributed by atoms with van der Waals surface area (Å²) in [5.74, 6) is -0.270. The number of nitrogens with zero attached hydrogens (tertiary/aromatic N) is 1. The van der Waals surface area contributed by atoms with Crippen LogP contribution in [0.4, 0.5) is 4.39 Å². The van der Waals surface area contributed by atoms with Crippen LogP contribution in [0.1, 0.15) is 31.9 Å². The molecule has 0 spiro atoms. The average molecular weight is 400 g/mol. The van der Waals surface area contributed by atoms with Crippen molar-refractivity contribution in [3.05, 3.63) is 77.1 Å². The highest BCUT2D eigenvalue weighted by atomic mass is 32.1. The van der Waals surface area contributed by atoms with E-state index < -0.39 is 0 Å². The molecule has 29 heavy (non-hydrogen) atoms. The van der Waals surface area contributed by atoms with E-state index in [0.717, 1.165) is 21.3 Å². The van der Waals surface area contributed by atoms with Gasteiger partial charge in [0.15, 0.2) is 0 Å². The monoisotopic (exact) mass is 399 g/mol. The Morgan fingerprint density at radius 1 is 0.931 bits per heavy atom. The SMILES string of the molecule is Cc1csc2c1ccc1c(F)cnc(-c3cc(C(C)(C)C)c4ccccc4c3)c12. The van der Waals surface area contributed by atoms with Crippen molar-refractivity contribution in [3.63, 3.8) is 0 Å². The molecule has 0 saturated heterocycles. The molecule has 0 unspecified atom stereocenters. The minimum atomic E-state index is -0.270. The van der Waals surface area contributed by atoms with Gasteiger partial charge in [-0.15, -0.1) is 11.3 Å². The standard InChI is InChI=1S/C26H22FNS/c1-15-14-29-25-18(15)9-10-20-22(27)13-28-24(23(20)25)17-11-16-7-5-6-8-19(16)21(12-17)26(2,3)4/h5-14H,1-4H3. The fourth-order valence-electron chi connectivity index (χ4n) is 4.20. The number of halogens is 1. The van der Waals surface area contributed by atoms with Gasteiger partial charge in [0.05, 0.1) is 11.9 Å². The maximum atomic E-state index is 14.7. The maximum absolute atomic E-state index is 14.7. The highest BCUT2D eigenvalue weighted by Crippen LogP contribution is 2.41. The Kier molecular flexibility index (Phi) is 4.01. The minimum Gasteiger partial charge on any atom is -0.252 e. The molecule has 3 heteroatoms. The topological polar surface area (TPSA) is 12.9 Å². The molecular weight excluding hydrogens is 377 g/mol. The van der Waals surface area contributed by atoms with E-state index in [1.54, 1.807) is 11.3 Å². The molecule has 0 aliphatic carbocycles. The highest BCUT2D eigenvalue weighted by Gasteiger charge is 2.20. The zero-order valence-corrected chi connectivity index (χ0v) is 17.8. The van der Waals surface area contributed by atoms with Gasteiger partial charge in [-0.2, -0.15) is 0 Å². The van der Waals surface area contributed by atoms with E-state index in [1.165, 1.54) is 33.5 Å². The molecule has 0 aliphatic heterocycles. The molecule has 0 fully saturated rings. The molecule has 0 amide bonds. The van der Waals surface area contributed by atoms with E-state index in [9.17, 15) is 4.39 Å². The van der Waals surface area contributed by atoms with Crippen LogP contribution in [-0.4, -0.2) is 4.98 Å². The first kappa shape index (κ1) is 18.3. The molecule has 3 aromatic carbocycles. The van der Waals surface area contributed by atoms with Crippen LogP contribution in [0.2, 0.25) is 0 Å². The average Bonchev–Trinajstić information content (AvgIpc) is 3.08. The van der Waals surface area contributed by atoms with Crippen molar-refractivity contribution in [1.29, 1.82) is 0 Å². The van der Waals surface area contributed by atoms with Crippen LogP contribution in [0.25, 0.3) is 42.9 Å². The number of pyridine rings is 1. The van der Waals surface area contributed by atoms with Crippen LogP contribution >= 0.6 is 11.3 Å². The third-order valence-corrected chi connectivity index (χ3v) is 6.81. The van der Waals surface area contributed by atoms with E-state index in [-0.39, 0.29) is 11.2 Å². The molecule has 1 nitrogen and oxygen atoms in total. The van der Waals surface area contributed by atoms with Crippen LogP contribution < -0.4 is 0 Å². The lowest BCUT2D eigenvalue weighted by Gasteiger charge is -2.23. The summed E-state index contributed by atoms with van der Waals surface area (Å²) in [7, 11) is 0. The first-order valence-corrected chi connectivity index (χ1v) is 10.7. The molecular formula is C26H22FNS. The van der Waals surface area contributed by atoms with Gasteiger partial charge >= 0.3 is 0 Å². The van der Waals surface area contributed by atoms with Crippen molar-refractivity contribution in [3.8, 4) is 11.3 Å². The molecule has 0 atom stereocenters. The Balaban J connectivity index is 1.93. The third-order valence-electron chi connectivity index (χ3n) is 5.68. The fraction of sp³-hybridized carbons (Fsp3) is 0.192. The summed E-state index contributed by atoms with van der Waals surface area (Å²) in [5, 5.41) is 7.30. The second kappa shape index (κ2) is 6.36. The lowest BCUT2D eigenvalue weighted by atomic mass is 9.82. The largest absolute Gasteiger partial charge is 0.252 e. The number of hydrogen-bond acceptors (Lipinski definition) is 2. The summed E-state index contributed by atoms with van der Waals surface area (Å²) in [6, 6.07) is 16.8. The Hall–Kier alpha value is -2.78. The summed E-state index contributed by atoms with van der Waals surface area (Å²) >= 11 is 1.67. The van der Waals surface area contributed by atoms with Crippen molar-refractivity contribution < 1.29 is 4.39 Å². The zero-order valence-electron chi connectivity index (χ0n) is 17.0. The van der Waals surface area contributed by atoms with Crippen molar-refractivity contribution in [2.24, 2.45) is 0 Å². The van der Waals surface area contributed by atoms with E-state index >= 15 is 0 Å². The van der Waals surface area contributed by atoms with Crippen LogP contribution in [0.5, 0.6) is 0 Å². The van der Waals surface area contributed by atoms with Crippen molar-refractivity contribution in [2.45, 2.75) is 33.1 Å². The Morgan fingerprint density at radius 3 is 2.48 bits per heavy atom. The molecule has 144 valence electrons. The van der Waals surface area contributed by atoms with Gasteiger partial charge in [-0.25, -0.2) is 4.39 Å². The van der Waals surface area contributed by atoms with Gasteiger partial charge in [0.25, 0.3) is 0 Å². The van der Waals surface area contributed by atoms with Gasteiger partial charge in [0.1, 0.15) is 5.82 Å². The van der Waals surface area contributed by atoms with Gasteiger partial charge in [0, 0.05) is 21.0 Å². The van der Waals surface area contributed by atoms with E-state index in [0.29, 0.717) is 5.39 Å². The first-order chi connectivity index (χ1) is 13.8. The molecule has 5 aromatic rings. The van der Waals surface area contributed by atoms with Crippen molar-refractivity contribution in [1.82, 2.24) is 4.98 Å². The molecule has 0 bridgehead atoms. The summed E-state index contributed by atoms with van der Waals surface area (Å²) in [6.07, 6.45) is 1.36. The smallest absolute Gasteiger partial charge is 0.149 e. The van der Waals surface area contributed by atoms with Crippen LogP contribution in [0.15, 0.2) is 60.1 Å². The molecule has 2 aromatic heterocycles. The van der Waals surface area contributed by atoms with Gasteiger partial charge in [-0.3, -0.25) is 4.98 Å². The Labute approximate surface area is 173 Å². The maximum Gasteiger partial charge on any atom is 0.149 e. The van der Waals surface area contributed by atoms with Crippen LogP contribution in [-0.2, 0) is 5.41 Å². The minimum absolute atomic E-state index is 0.0136. The van der Waals surface area contributed by atoms with Crippen LogP contribution in [0, 0.1) is 12.7 Å². The molecule has 0 saturated carbocycles. The van der Waals surface area contributed by atoms with Gasteiger partial charge in [-0.1, -0.05) is 57.2 Å². The number of rotatable bonds is 1. The normalized spacial score (nSPS) is 12.3. The summed E-state index contributed by atoms with van der Waals surface area (Å²) in [5.41, 5.74) is 4.37. The lowest BCUT2D eigenvalue weighted by molar-refractivity contribution is 0.596. The van der Waals surface area contributed by atoms with Crippen molar-refractivity contribution >= 4 is 43.0 Å². The number of fused-ring (bicyclic) bond motifs is 4. The predicted molar refractivity (Wildman–Crippen MR) is 123 cm³/mol. The van der Waals surface area contributed by atoms with E-state index in [1.807, 2.05) is 12.1 Å². The predicted octanol–water partition coefficient (Wildman–Crippen LogP) is 8.01. The highest BCUT2D eigenvalue weighted by molar-refractivity contribution is 7.18. The Morgan fingerprint density at radius 2 is 1.69 bits per heavy atom. The second-order valence-electron chi connectivity index (χ2n) is 8.73. The molecule has 2 heterocycles. The van der Waals surface area contributed by atoms with Crippen LogP contribution in [0.3, 0.4) is 0 Å². The number of benzene rings is 3. The summed E-state index contributed by atoms with van der Waals surface area (Å²) in [6.45, 7) is 8.80. The van der Waals surface area contributed by atoms with E-state index in [4.69, 9.17) is 0 Å². The lowest BCUT2D eigenvalue weighted by Crippen LogP contribution is -2.12. The number of aromatic nitrogens is 1. The molecule has 0 radical (unpaired) electrons. The number of aryl methyl sites for hydroxylation is 1. The number of thiophene rings is 1. The first-order valence-electron chi connectivity index (χ1n) is 9.83. The summed E-state index contributed by atoms with van der Waals surface area (Å²) in [4.78, 5) is 4.60. The summed E-state index contributed by atoms with van der Waals surface area (Å²) < 4.78 is 15.8. The van der Waals surface area contributed by atoms with E-state index in [2.05, 4.69) is 74.5 Å². The Bertz CT molecular complexity index is 1410. The molecule has 0 N–H and O–H groups in total. The third kappa shape index (κ3) is 2.84. The second-order valence-corrected chi connectivity index (χ2v) is 9.61. The molecule has 5 rings (SSSR count). The van der Waals surface area contributed by atoms with Crippen molar-refractivity contribution in [2.75, 3.05) is 0 Å². The zero-order chi connectivity index (χ0) is 20.3. The van der Waals surface area contributed by atoms with Gasteiger partial charge in [0.2, 0.25) is 0 Å². The molecule has 0 aliphatic rings. The van der Waals surface area contributed by atoms with Gasteiger partial charge < -0.3 is 0 Å². The fourth-order valence-corrected chi connectivity index (χ4v) is 5.30.